The highest BCUT2D eigenvalue weighted by molar-refractivity contribution is 5.96. The number of nitrogens with one attached hydrogen (secondary N) is 2. The van der Waals surface area contributed by atoms with Crippen LogP contribution < -0.4 is 10.6 Å². The summed E-state index contributed by atoms with van der Waals surface area (Å²) in [5.74, 6) is -0.299. The molecule has 2 rings (SSSR count). The van der Waals surface area contributed by atoms with Gasteiger partial charge in [0, 0.05) is 11.4 Å². The lowest BCUT2D eigenvalue weighted by atomic mass is 10.2. The topological polar surface area (TPSA) is 61.4 Å². The predicted molar refractivity (Wildman–Crippen MR) is 97.0 cm³/mol. The normalized spacial score (nSPS) is 11.8. The first-order valence-corrected chi connectivity index (χ1v) is 7.88. The Morgan fingerprint density at radius 3 is 2.17 bits per heavy atom. The highest BCUT2D eigenvalue weighted by Gasteiger charge is 2.20. The molecule has 24 heavy (non-hydrogen) atoms. The van der Waals surface area contributed by atoms with Gasteiger partial charge in [-0.15, -0.1) is 0 Å². The van der Waals surface area contributed by atoms with Gasteiger partial charge in [0.25, 0.3) is 0 Å². The second kappa shape index (κ2) is 8.26. The lowest BCUT2D eigenvalue weighted by molar-refractivity contribution is -0.122. The van der Waals surface area contributed by atoms with E-state index in [4.69, 9.17) is 0 Å². The number of carbonyl (C=O) groups is 2. The van der Waals surface area contributed by atoms with E-state index < -0.39 is 6.04 Å². The third kappa shape index (κ3) is 5.21. The summed E-state index contributed by atoms with van der Waals surface area (Å²) in [6.07, 6.45) is 0. The summed E-state index contributed by atoms with van der Waals surface area (Å²) in [6, 6.07) is 16.4. The Balaban J connectivity index is 1.86. The second-order valence-electron chi connectivity index (χ2n) is 5.86. The van der Waals surface area contributed by atoms with E-state index >= 15 is 0 Å². The van der Waals surface area contributed by atoms with Crippen LogP contribution in [0.2, 0.25) is 0 Å². The van der Waals surface area contributed by atoms with Crippen LogP contribution in [-0.4, -0.2) is 36.3 Å². The van der Waals surface area contributed by atoms with Crippen LogP contribution in [0.15, 0.2) is 54.6 Å². The molecule has 0 aliphatic carbocycles. The van der Waals surface area contributed by atoms with Crippen LogP contribution in [0.25, 0.3) is 0 Å². The molecular weight excluding hydrogens is 302 g/mol. The van der Waals surface area contributed by atoms with Crippen molar-refractivity contribution in [2.75, 3.05) is 24.2 Å². The maximum Gasteiger partial charge on any atom is 0.241 e. The summed E-state index contributed by atoms with van der Waals surface area (Å²) < 4.78 is 0. The SMILES string of the molecule is Cc1ccc(NC(=O)CN(C)[C@@H](C)C(=O)Nc2ccccc2)cc1. The fourth-order valence-electron chi connectivity index (χ4n) is 2.17. The number of carbonyl (C=O) groups excluding carboxylic acids is 2. The molecule has 1 atom stereocenters. The van der Waals surface area contributed by atoms with Gasteiger partial charge >= 0.3 is 0 Å². The van der Waals surface area contributed by atoms with Crippen molar-refractivity contribution in [2.24, 2.45) is 0 Å². The van der Waals surface area contributed by atoms with E-state index in [1.54, 1.807) is 18.9 Å². The van der Waals surface area contributed by atoms with Gasteiger partial charge in [-0.3, -0.25) is 14.5 Å². The molecule has 0 aliphatic rings. The van der Waals surface area contributed by atoms with Crippen molar-refractivity contribution in [1.29, 1.82) is 0 Å². The van der Waals surface area contributed by atoms with Gasteiger partial charge in [-0.2, -0.15) is 0 Å². The van der Waals surface area contributed by atoms with E-state index in [2.05, 4.69) is 10.6 Å². The zero-order chi connectivity index (χ0) is 17.5. The Labute approximate surface area is 142 Å². The van der Waals surface area contributed by atoms with Crippen LogP contribution in [0.3, 0.4) is 0 Å². The number of rotatable bonds is 6. The number of para-hydroxylation sites is 1. The molecule has 2 aromatic carbocycles. The number of nitrogens with zero attached hydrogens (tertiary/aromatic N) is 1. The molecule has 0 aromatic heterocycles. The Hall–Kier alpha value is -2.66. The molecule has 126 valence electrons. The molecule has 0 spiro atoms. The smallest absolute Gasteiger partial charge is 0.241 e. The van der Waals surface area contributed by atoms with Crippen molar-refractivity contribution < 1.29 is 9.59 Å². The summed E-state index contributed by atoms with van der Waals surface area (Å²) in [4.78, 5) is 26.1. The first-order valence-electron chi connectivity index (χ1n) is 7.88. The molecule has 0 heterocycles. The summed E-state index contributed by atoms with van der Waals surface area (Å²) in [5, 5.41) is 5.67. The Bertz CT molecular complexity index is 684. The van der Waals surface area contributed by atoms with Crippen LogP contribution in [0, 0.1) is 6.92 Å². The maximum absolute atomic E-state index is 12.2. The zero-order valence-corrected chi connectivity index (χ0v) is 14.2. The van der Waals surface area contributed by atoms with Crippen molar-refractivity contribution in [1.82, 2.24) is 4.90 Å². The number of anilines is 2. The Morgan fingerprint density at radius 2 is 1.54 bits per heavy atom. The van der Waals surface area contributed by atoms with Gasteiger partial charge in [-0.05, 0) is 45.2 Å². The van der Waals surface area contributed by atoms with Gasteiger partial charge < -0.3 is 10.6 Å². The molecule has 0 saturated heterocycles. The molecule has 0 saturated carbocycles. The van der Waals surface area contributed by atoms with Crippen molar-refractivity contribution in [2.45, 2.75) is 19.9 Å². The summed E-state index contributed by atoms with van der Waals surface area (Å²) >= 11 is 0. The van der Waals surface area contributed by atoms with Crippen LogP contribution >= 0.6 is 0 Å². The van der Waals surface area contributed by atoms with Gasteiger partial charge in [0.05, 0.1) is 12.6 Å². The minimum atomic E-state index is -0.422. The van der Waals surface area contributed by atoms with E-state index in [-0.39, 0.29) is 18.4 Å². The highest BCUT2D eigenvalue weighted by atomic mass is 16.2. The second-order valence-corrected chi connectivity index (χ2v) is 5.86. The van der Waals surface area contributed by atoms with Crippen LogP contribution in [0.4, 0.5) is 11.4 Å². The summed E-state index contributed by atoms with van der Waals surface area (Å²) in [7, 11) is 1.75. The molecule has 0 fully saturated rings. The first kappa shape index (κ1) is 17.7. The number of likely N-dealkylation sites (N-methyl/N-ethyl adjacent to an activating group) is 1. The number of aryl methyl sites for hydroxylation is 1. The minimum absolute atomic E-state index is 0.136. The number of amides is 2. The summed E-state index contributed by atoms with van der Waals surface area (Å²) in [5.41, 5.74) is 2.63. The zero-order valence-electron chi connectivity index (χ0n) is 14.2. The molecule has 0 aliphatic heterocycles. The molecule has 2 N–H and O–H groups in total. The maximum atomic E-state index is 12.2. The van der Waals surface area contributed by atoms with E-state index in [0.717, 1.165) is 16.9 Å². The van der Waals surface area contributed by atoms with Crippen LogP contribution in [-0.2, 0) is 9.59 Å². The first-order chi connectivity index (χ1) is 11.5. The van der Waals surface area contributed by atoms with Gasteiger partial charge in [0.2, 0.25) is 11.8 Å². The van der Waals surface area contributed by atoms with Gasteiger partial charge in [-0.25, -0.2) is 0 Å². The molecule has 2 aromatic rings. The van der Waals surface area contributed by atoms with E-state index in [1.807, 2.05) is 61.5 Å². The number of hydrogen-bond acceptors (Lipinski definition) is 3. The van der Waals surface area contributed by atoms with Crippen molar-refractivity contribution in [3.8, 4) is 0 Å². The fourth-order valence-corrected chi connectivity index (χ4v) is 2.17. The van der Waals surface area contributed by atoms with Crippen molar-refractivity contribution >= 4 is 23.2 Å². The average molecular weight is 325 g/mol. The lowest BCUT2D eigenvalue weighted by Crippen LogP contribution is -2.43. The van der Waals surface area contributed by atoms with E-state index in [9.17, 15) is 9.59 Å². The van der Waals surface area contributed by atoms with Crippen molar-refractivity contribution in [3.63, 3.8) is 0 Å². The molecule has 0 unspecified atom stereocenters. The minimum Gasteiger partial charge on any atom is -0.325 e. The van der Waals surface area contributed by atoms with Gasteiger partial charge in [-0.1, -0.05) is 35.9 Å². The highest BCUT2D eigenvalue weighted by Crippen LogP contribution is 2.10. The third-order valence-electron chi connectivity index (χ3n) is 3.81. The number of hydrogen-bond donors (Lipinski definition) is 2. The largest absolute Gasteiger partial charge is 0.325 e. The Kier molecular flexibility index (Phi) is 6.09. The molecule has 5 nitrogen and oxygen atoms in total. The average Bonchev–Trinajstić information content (AvgIpc) is 2.57. The van der Waals surface area contributed by atoms with Crippen LogP contribution in [0.1, 0.15) is 12.5 Å². The predicted octanol–water partition coefficient (Wildman–Crippen LogP) is 2.89. The quantitative estimate of drug-likeness (QED) is 0.858. The fraction of sp³-hybridized carbons (Fsp3) is 0.263. The monoisotopic (exact) mass is 325 g/mol. The molecule has 0 radical (unpaired) electrons. The van der Waals surface area contributed by atoms with Crippen molar-refractivity contribution in [3.05, 3.63) is 60.2 Å². The number of benzene rings is 2. The molecule has 2 amide bonds. The molecule has 5 heteroatoms. The van der Waals surface area contributed by atoms with E-state index in [0.29, 0.717) is 0 Å². The van der Waals surface area contributed by atoms with Crippen LogP contribution in [0.5, 0.6) is 0 Å². The van der Waals surface area contributed by atoms with Gasteiger partial charge in [0.15, 0.2) is 0 Å². The third-order valence-corrected chi connectivity index (χ3v) is 3.81. The Morgan fingerprint density at radius 1 is 0.958 bits per heavy atom. The standard InChI is InChI=1S/C19H23N3O2/c1-14-9-11-17(12-10-14)20-18(23)13-22(3)15(2)19(24)21-16-7-5-4-6-8-16/h4-12,15H,13H2,1-3H3,(H,20,23)(H,21,24)/t15-/m0/s1. The van der Waals surface area contributed by atoms with Gasteiger partial charge in [0.1, 0.15) is 0 Å². The van der Waals surface area contributed by atoms with E-state index in [1.165, 1.54) is 0 Å². The molecular formula is C19H23N3O2. The lowest BCUT2D eigenvalue weighted by Gasteiger charge is -2.23. The molecule has 0 bridgehead atoms. The summed E-state index contributed by atoms with van der Waals surface area (Å²) in [6.45, 7) is 3.90.